The molecule has 1 saturated heterocycles. The fourth-order valence-corrected chi connectivity index (χ4v) is 5.19. The number of benzene rings is 1. The van der Waals surface area contributed by atoms with E-state index in [-0.39, 0.29) is 17.2 Å². The maximum Gasteiger partial charge on any atom is 0.243 e. The highest BCUT2D eigenvalue weighted by molar-refractivity contribution is 7.89. The summed E-state index contributed by atoms with van der Waals surface area (Å²) in [6.45, 7) is 6.95. The van der Waals surface area contributed by atoms with E-state index in [2.05, 4.69) is 31.1 Å². The van der Waals surface area contributed by atoms with Crippen LogP contribution in [0.2, 0.25) is 0 Å². The molecule has 0 bridgehead atoms. The van der Waals surface area contributed by atoms with Crippen LogP contribution in [0, 0.1) is 5.92 Å². The Morgan fingerprint density at radius 1 is 1.10 bits per heavy atom. The van der Waals surface area contributed by atoms with E-state index in [0.717, 1.165) is 5.56 Å². The summed E-state index contributed by atoms with van der Waals surface area (Å²) in [6, 6.07) is 10.7. The van der Waals surface area contributed by atoms with E-state index in [1.165, 1.54) is 4.31 Å². The van der Waals surface area contributed by atoms with E-state index >= 15 is 0 Å². The first-order valence-electron chi connectivity index (χ1n) is 10.5. The standard InChI is InChI=1S/C23H32N4O3S/c1-23(2,3)18-8-10-19(11-9-18)31(29,30)27-15-12-17(13-16-27)22(28)25-20-7-6-14-24-21(20)26(4)5/h6-11,14,17H,12-13,15-16H2,1-5H3,(H,25,28). The predicted molar refractivity (Wildman–Crippen MR) is 124 cm³/mol. The Morgan fingerprint density at radius 3 is 2.26 bits per heavy atom. The lowest BCUT2D eigenvalue weighted by Gasteiger charge is -2.31. The van der Waals surface area contributed by atoms with E-state index in [9.17, 15) is 13.2 Å². The van der Waals surface area contributed by atoms with Crippen LogP contribution in [0.15, 0.2) is 47.5 Å². The number of rotatable bonds is 5. The van der Waals surface area contributed by atoms with Crippen molar-refractivity contribution >= 4 is 27.4 Å². The molecule has 0 spiro atoms. The molecule has 31 heavy (non-hydrogen) atoms. The molecule has 2 heterocycles. The van der Waals surface area contributed by atoms with Crippen molar-refractivity contribution in [1.82, 2.24) is 9.29 Å². The number of anilines is 2. The predicted octanol–water partition coefficient (Wildman–Crippen LogP) is 3.48. The zero-order valence-electron chi connectivity index (χ0n) is 18.9. The summed E-state index contributed by atoms with van der Waals surface area (Å²) in [4.78, 5) is 19.2. The molecule has 1 aliphatic rings. The van der Waals surface area contributed by atoms with E-state index < -0.39 is 10.0 Å². The van der Waals surface area contributed by atoms with E-state index in [1.807, 2.05) is 37.2 Å². The van der Waals surface area contributed by atoms with Gasteiger partial charge in [0.1, 0.15) is 0 Å². The van der Waals surface area contributed by atoms with Gasteiger partial charge >= 0.3 is 0 Å². The summed E-state index contributed by atoms with van der Waals surface area (Å²) in [6.07, 6.45) is 2.66. The van der Waals surface area contributed by atoms with Crippen molar-refractivity contribution in [1.29, 1.82) is 0 Å². The number of nitrogens with one attached hydrogen (secondary N) is 1. The number of hydrogen-bond acceptors (Lipinski definition) is 5. The van der Waals surface area contributed by atoms with Crippen molar-refractivity contribution in [3.8, 4) is 0 Å². The molecule has 7 nitrogen and oxygen atoms in total. The van der Waals surface area contributed by atoms with Crippen LogP contribution in [0.5, 0.6) is 0 Å². The molecule has 168 valence electrons. The molecule has 1 N–H and O–H groups in total. The zero-order chi connectivity index (χ0) is 22.8. The Balaban J connectivity index is 1.64. The fraction of sp³-hybridized carbons (Fsp3) is 0.478. The first kappa shape index (κ1) is 23.2. The number of aromatic nitrogens is 1. The second-order valence-electron chi connectivity index (χ2n) is 9.21. The van der Waals surface area contributed by atoms with Gasteiger partial charge in [-0.25, -0.2) is 13.4 Å². The van der Waals surface area contributed by atoms with Crippen LogP contribution in [-0.2, 0) is 20.2 Å². The summed E-state index contributed by atoms with van der Waals surface area (Å²) in [5.74, 6) is 0.363. The van der Waals surface area contributed by atoms with Gasteiger partial charge in [0.15, 0.2) is 5.82 Å². The lowest BCUT2D eigenvalue weighted by molar-refractivity contribution is -0.120. The average Bonchev–Trinajstić information content (AvgIpc) is 2.73. The molecular formula is C23H32N4O3S. The number of carbonyl (C=O) groups is 1. The number of nitrogens with zero attached hydrogens (tertiary/aromatic N) is 3. The maximum absolute atomic E-state index is 13.0. The lowest BCUT2D eigenvalue weighted by Crippen LogP contribution is -2.41. The molecule has 1 aromatic heterocycles. The van der Waals surface area contributed by atoms with Gasteiger partial charge in [-0.15, -0.1) is 0 Å². The minimum atomic E-state index is -3.57. The number of amides is 1. The zero-order valence-corrected chi connectivity index (χ0v) is 19.7. The van der Waals surface area contributed by atoms with Crippen LogP contribution < -0.4 is 10.2 Å². The van der Waals surface area contributed by atoms with Crippen LogP contribution in [0.3, 0.4) is 0 Å². The van der Waals surface area contributed by atoms with Crippen LogP contribution >= 0.6 is 0 Å². The monoisotopic (exact) mass is 444 g/mol. The van der Waals surface area contributed by atoms with Crippen LogP contribution in [-0.4, -0.2) is 50.8 Å². The Hall–Kier alpha value is -2.45. The number of carbonyl (C=O) groups excluding carboxylic acids is 1. The summed E-state index contributed by atoms with van der Waals surface area (Å²) in [5.41, 5.74) is 1.72. The summed E-state index contributed by atoms with van der Waals surface area (Å²) in [7, 11) is 0.176. The van der Waals surface area contributed by atoms with Gasteiger partial charge in [0.05, 0.1) is 10.6 Å². The highest BCUT2D eigenvalue weighted by atomic mass is 32.2. The van der Waals surface area contributed by atoms with Gasteiger partial charge in [0, 0.05) is 39.3 Å². The Kier molecular flexibility index (Phi) is 6.71. The summed E-state index contributed by atoms with van der Waals surface area (Å²) >= 11 is 0. The minimum absolute atomic E-state index is 0.0330. The van der Waals surface area contributed by atoms with Gasteiger partial charge in [-0.3, -0.25) is 4.79 Å². The smallest absolute Gasteiger partial charge is 0.243 e. The molecule has 2 aromatic rings. The molecule has 0 radical (unpaired) electrons. The molecule has 0 aliphatic carbocycles. The third kappa shape index (κ3) is 5.25. The van der Waals surface area contributed by atoms with Crippen LogP contribution in [0.4, 0.5) is 11.5 Å². The maximum atomic E-state index is 13.0. The fourth-order valence-electron chi connectivity index (χ4n) is 3.72. The number of sulfonamides is 1. The molecule has 0 atom stereocenters. The molecule has 0 saturated carbocycles. The van der Waals surface area contributed by atoms with Gasteiger partial charge in [0.25, 0.3) is 0 Å². The van der Waals surface area contributed by atoms with Crippen molar-refractivity contribution in [2.24, 2.45) is 5.92 Å². The van der Waals surface area contributed by atoms with Gasteiger partial charge in [-0.05, 0) is 48.1 Å². The first-order chi connectivity index (χ1) is 14.5. The second-order valence-corrected chi connectivity index (χ2v) is 11.1. The highest BCUT2D eigenvalue weighted by Gasteiger charge is 2.32. The minimum Gasteiger partial charge on any atom is -0.361 e. The van der Waals surface area contributed by atoms with Crippen LogP contribution in [0.25, 0.3) is 0 Å². The van der Waals surface area contributed by atoms with Crippen molar-refractivity contribution in [3.63, 3.8) is 0 Å². The Morgan fingerprint density at radius 2 is 1.71 bits per heavy atom. The Bertz CT molecular complexity index is 1020. The first-order valence-corrected chi connectivity index (χ1v) is 12.0. The molecule has 1 aromatic carbocycles. The Labute approximate surface area is 185 Å². The quantitative estimate of drug-likeness (QED) is 0.763. The van der Waals surface area contributed by atoms with E-state index in [0.29, 0.717) is 42.3 Å². The van der Waals surface area contributed by atoms with Crippen molar-refractivity contribution in [2.45, 2.75) is 43.9 Å². The average molecular weight is 445 g/mol. The molecule has 1 amide bonds. The van der Waals surface area contributed by atoms with E-state index in [1.54, 1.807) is 24.4 Å². The van der Waals surface area contributed by atoms with Crippen molar-refractivity contribution in [3.05, 3.63) is 48.2 Å². The molecule has 8 heteroatoms. The molecule has 3 rings (SSSR count). The SMILES string of the molecule is CN(C)c1ncccc1NC(=O)C1CCN(S(=O)(=O)c2ccc(C(C)(C)C)cc2)CC1. The molecule has 1 aliphatic heterocycles. The third-order valence-electron chi connectivity index (χ3n) is 5.65. The largest absolute Gasteiger partial charge is 0.361 e. The topological polar surface area (TPSA) is 82.6 Å². The summed E-state index contributed by atoms with van der Waals surface area (Å²) < 4.78 is 27.6. The number of hydrogen-bond donors (Lipinski definition) is 1. The van der Waals surface area contributed by atoms with Gasteiger partial charge < -0.3 is 10.2 Å². The highest BCUT2D eigenvalue weighted by Crippen LogP contribution is 2.28. The van der Waals surface area contributed by atoms with Crippen molar-refractivity contribution in [2.75, 3.05) is 37.4 Å². The van der Waals surface area contributed by atoms with Gasteiger partial charge in [0.2, 0.25) is 15.9 Å². The van der Waals surface area contributed by atoms with E-state index in [4.69, 9.17) is 0 Å². The van der Waals surface area contributed by atoms with Gasteiger partial charge in [-0.1, -0.05) is 32.9 Å². The number of piperidine rings is 1. The van der Waals surface area contributed by atoms with Gasteiger partial charge in [-0.2, -0.15) is 4.31 Å². The lowest BCUT2D eigenvalue weighted by atomic mass is 9.87. The number of pyridine rings is 1. The second kappa shape index (κ2) is 8.96. The molecule has 1 fully saturated rings. The summed E-state index contributed by atoms with van der Waals surface area (Å²) in [5, 5.41) is 2.96. The third-order valence-corrected chi connectivity index (χ3v) is 7.56. The normalized spacial score (nSPS) is 16.2. The molecule has 0 unspecified atom stereocenters. The van der Waals surface area contributed by atoms with Crippen LogP contribution in [0.1, 0.15) is 39.2 Å². The van der Waals surface area contributed by atoms with Crippen molar-refractivity contribution < 1.29 is 13.2 Å². The molecular weight excluding hydrogens is 412 g/mol.